The number of H-pyrrole nitrogens is 1. The van der Waals surface area contributed by atoms with Crippen molar-refractivity contribution in [2.45, 2.75) is 25.4 Å². The minimum absolute atomic E-state index is 0.0365. The van der Waals surface area contributed by atoms with Crippen LogP contribution in [-0.2, 0) is 9.59 Å². The minimum Gasteiger partial charge on any atom is -0.367 e. The smallest absolute Gasteiger partial charge is 0.367 e. The summed E-state index contributed by atoms with van der Waals surface area (Å²) in [6, 6.07) is 1.96. The average molecular weight is 435 g/mol. The van der Waals surface area contributed by atoms with Crippen molar-refractivity contribution in [3.63, 3.8) is 0 Å². The first-order valence-electron chi connectivity index (χ1n) is 10.3. The van der Waals surface area contributed by atoms with Crippen LogP contribution in [0.3, 0.4) is 0 Å². The molecule has 1 saturated heterocycles. The minimum atomic E-state index is -4.22. The van der Waals surface area contributed by atoms with E-state index in [1.54, 1.807) is 23.4 Å². The van der Waals surface area contributed by atoms with Gasteiger partial charge in [-0.25, -0.2) is 4.98 Å². The van der Waals surface area contributed by atoms with Crippen molar-refractivity contribution < 1.29 is 22.8 Å². The van der Waals surface area contributed by atoms with Crippen LogP contribution < -0.4 is 10.6 Å². The van der Waals surface area contributed by atoms with Gasteiger partial charge < -0.3 is 20.5 Å². The highest BCUT2D eigenvalue weighted by Gasteiger charge is 2.46. The molecule has 1 aliphatic carbocycles. The molecule has 2 fully saturated rings. The van der Waals surface area contributed by atoms with E-state index in [2.05, 4.69) is 14.9 Å². The van der Waals surface area contributed by atoms with E-state index in [-0.39, 0.29) is 18.7 Å². The van der Waals surface area contributed by atoms with E-state index >= 15 is 0 Å². The van der Waals surface area contributed by atoms with Crippen LogP contribution in [0.2, 0.25) is 0 Å². The third kappa shape index (κ3) is 4.52. The highest BCUT2D eigenvalue weighted by molar-refractivity contribution is 5.95. The van der Waals surface area contributed by atoms with Crippen LogP contribution in [0.4, 0.5) is 18.9 Å². The Bertz CT molecular complexity index is 1010. The maximum absolute atomic E-state index is 12.9. The lowest BCUT2D eigenvalue weighted by atomic mass is 10.0. The zero-order chi connectivity index (χ0) is 22.2. The van der Waals surface area contributed by atoms with Crippen LogP contribution in [0.25, 0.3) is 17.1 Å². The summed E-state index contributed by atoms with van der Waals surface area (Å²) in [6.45, 7) is 2.08. The zero-order valence-electron chi connectivity index (χ0n) is 16.9. The highest BCUT2D eigenvalue weighted by Crippen LogP contribution is 2.42. The van der Waals surface area contributed by atoms with E-state index in [0.29, 0.717) is 38.2 Å². The molecule has 0 radical (unpaired) electrons. The summed E-state index contributed by atoms with van der Waals surface area (Å²) in [5.41, 5.74) is 7.52. The van der Waals surface area contributed by atoms with E-state index in [1.807, 2.05) is 6.07 Å². The van der Waals surface area contributed by atoms with Gasteiger partial charge in [0.25, 0.3) is 0 Å². The fourth-order valence-electron chi connectivity index (χ4n) is 4.44. The van der Waals surface area contributed by atoms with Crippen LogP contribution in [0, 0.1) is 11.8 Å². The fraction of sp³-hybridized carbons (Fsp3) is 0.476. The molecule has 10 heteroatoms. The zero-order valence-corrected chi connectivity index (χ0v) is 16.9. The van der Waals surface area contributed by atoms with Gasteiger partial charge in [0.15, 0.2) is 0 Å². The molecule has 0 bridgehead atoms. The molecular formula is C21H24F3N5O2. The Balaban J connectivity index is 1.40. The maximum Gasteiger partial charge on any atom is 0.391 e. The van der Waals surface area contributed by atoms with Crippen molar-refractivity contribution in [2.24, 2.45) is 17.6 Å². The molecule has 2 atom stereocenters. The fourth-order valence-corrected chi connectivity index (χ4v) is 4.44. The molecule has 3 N–H and O–H groups in total. The van der Waals surface area contributed by atoms with E-state index in [1.165, 1.54) is 6.08 Å². The second kappa shape index (κ2) is 8.24. The summed E-state index contributed by atoms with van der Waals surface area (Å²) >= 11 is 0. The number of rotatable bonds is 4. The molecule has 7 nitrogen and oxygen atoms in total. The van der Waals surface area contributed by atoms with Gasteiger partial charge in [0.2, 0.25) is 11.8 Å². The first-order chi connectivity index (χ1) is 14.7. The van der Waals surface area contributed by atoms with Gasteiger partial charge in [-0.3, -0.25) is 9.59 Å². The molecular weight excluding hydrogens is 411 g/mol. The molecule has 166 valence electrons. The molecule has 0 aromatic carbocycles. The number of hydrogen-bond donors (Lipinski definition) is 2. The van der Waals surface area contributed by atoms with Crippen molar-refractivity contribution >= 4 is 34.6 Å². The lowest BCUT2D eigenvalue weighted by molar-refractivity contribution is -0.173. The van der Waals surface area contributed by atoms with Crippen LogP contribution in [-0.4, -0.2) is 59.0 Å². The molecule has 1 saturated carbocycles. The van der Waals surface area contributed by atoms with Crippen LogP contribution in [0.1, 0.15) is 24.8 Å². The molecule has 2 aromatic rings. The number of primary amides is 1. The average Bonchev–Trinajstić information content (AvgIpc) is 3.39. The number of piperazine rings is 1. The molecule has 2 unspecified atom stereocenters. The van der Waals surface area contributed by atoms with E-state index in [0.717, 1.165) is 16.6 Å². The number of hydrogen-bond acceptors (Lipinski definition) is 4. The number of nitrogens with two attached hydrogens (primary N) is 1. The number of nitrogens with zero attached hydrogens (tertiary/aromatic N) is 3. The Morgan fingerprint density at radius 1 is 1.19 bits per heavy atom. The van der Waals surface area contributed by atoms with Crippen LogP contribution in [0.5, 0.6) is 0 Å². The summed E-state index contributed by atoms with van der Waals surface area (Å²) in [6.07, 6.45) is 2.41. The number of carbonyl (C=O) groups is 2. The van der Waals surface area contributed by atoms with Crippen molar-refractivity contribution in [3.05, 3.63) is 30.1 Å². The van der Waals surface area contributed by atoms with E-state index in [4.69, 9.17) is 5.73 Å². The summed E-state index contributed by atoms with van der Waals surface area (Å²) in [7, 11) is 0. The number of fused-ring (bicyclic) bond motifs is 1. The number of carbonyl (C=O) groups excluding carboxylic acids is 2. The number of pyridine rings is 1. The third-order valence-corrected chi connectivity index (χ3v) is 6.18. The van der Waals surface area contributed by atoms with Crippen molar-refractivity contribution in [2.75, 3.05) is 31.1 Å². The van der Waals surface area contributed by atoms with Crippen LogP contribution in [0.15, 0.2) is 24.5 Å². The van der Waals surface area contributed by atoms with Gasteiger partial charge >= 0.3 is 6.18 Å². The van der Waals surface area contributed by atoms with E-state index < -0.39 is 23.9 Å². The molecule has 3 heterocycles. The van der Waals surface area contributed by atoms with Gasteiger partial charge in [0.1, 0.15) is 5.65 Å². The monoisotopic (exact) mass is 435 g/mol. The molecule has 2 aromatic heterocycles. The van der Waals surface area contributed by atoms with Crippen molar-refractivity contribution in [1.82, 2.24) is 14.9 Å². The van der Waals surface area contributed by atoms with Crippen LogP contribution >= 0.6 is 0 Å². The number of amides is 2. The van der Waals surface area contributed by atoms with Gasteiger partial charge in [0.05, 0.1) is 17.8 Å². The molecule has 31 heavy (non-hydrogen) atoms. The summed E-state index contributed by atoms with van der Waals surface area (Å²) in [5, 5.41) is 0.845. The first kappa shape index (κ1) is 21.2. The topological polar surface area (TPSA) is 95.3 Å². The second-order valence-electron chi connectivity index (χ2n) is 8.13. The summed E-state index contributed by atoms with van der Waals surface area (Å²) in [5.74, 6) is -2.59. The molecule has 0 spiro atoms. The number of alkyl halides is 3. The van der Waals surface area contributed by atoms with Gasteiger partial charge in [-0.2, -0.15) is 13.2 Å². The molecule has 2 amide bonds. The largest absolute Gasteiger partial charge is 0.391 e. The Labute approximate surface area is 177 Å². The summed E-state index contributed by atoms with van der Waals surface area (Å²) in [4.78, 5) is 35.0. The summed E-state index contributed by atoms with van der Waals surface area (Å²) < 4.78 is 38.7. The quantitative estimate of drug-likeness (QED) is 0.722. The van der Waals surface area contributed by atoms with E-state index in [9.17, 15) is 22.8 Å². The predicted molar refractivity (Wildman–Crippen MR) is 110 cm³/mol. The van der Waals surface area contributed by atoms with Gasteiger partial charge in [0, 0.05) is 55.3 Å². The lowest BCUT2D eigenvalue weighted by Gasteiger charge is -2.37. The molecule has 2 aliphatic rings. The standard InChI is InChI=1S/C21H24F3N5O2/c22-21(23,24)15-3-1-13(9-15)20(31)29-7-5-28(6-8-29)16-10-17-14(2-4-18(25)30)11-26-19(17)27-12-16/h2,4,10-13,15H,1,3,5-9H2,(H2,25,30)(H,26,27)/b4-2+. The Kier molecular flexibility index (Phi) is 5.63. The number of halogens is 3. The first-order valence-corrected chi connectivity index (χ1v) is 10.3. The number of nitrogens with one attached hydrogen (secondary N) is 1. The molecule has 1 aliphatic heterocycles. The maximum atomic E-state index is 12.9. The number of aromatic amines is 1. The second-order valence-corrected chi connectivity index (χ2v) is 8.13. The normalized spacial score (nSPS) is 22.5. The Hall–Kier alpha value is -3.04. The third-order valence-electron chi connectivity index (χ3n) is 6.18. The Morgan fingerprint density at radius 2 is 1.94 bits per heavy atom. The molecule has 4 rings (SSSR count). The lowest BCUT2D eigenvalue weighted by Crippen LogP contribution is -2.50. The highest BCUT2D eigenvalue weighted by atomic mass is 19.4. The van der Waals surface area contributed by atoms with Gasteiger partial charge in [-0.05, 0) is 31.4 Å². The van der Waals surface area contributed by atoms with Crippen molar-refractivity contribution in [1.29, 1.82) is 0 Å². The number of anilines is 1. The number of aromatic nitrogens is 2. The van der Waals surface area contributed by atoms with Gasteiger partial charge in [-0.1, -0.05) is 0 Å². The van der Waals surface area contributed by atoms with Crippen molar-refractivity contribution in [3.8, 4) is 0 Å². The van der Waals surface area contributed by atoms with Gasteiger partial charge in [-0.15, -0.1) is 0 Å². The SMILES string of the molecule is NC(=O)/C=C/c1c[nH]c2ncc(N3CCN(C(=O)C4CCC(C(F)(F)F)C4)CC3)cc12. The Morgan fingerprint density at radius 3 is 2.58 bits per heavy atom. The predicted octanol–water partition coefficient (Wildman–Crippen LogP) is 2.69.